The lowest BCUT2D eigenvalue weighted by atomic mass is 10.7. The number of rotatable bonds is 3. The van der Waals surface area contributed by atoms with Gasteiger partial charge in [0.15, 0.2) is 6.61 Å². The van der Waals surface area contributed by atoms with E-state index >= 15 is 0 Å². The van der Waals surface area contributed by atoms with E-state index in [9.17, 15) is 4.79 Å². The van der Waals surface area contributed by atoms with Gasteiger partial charge in [-0.1, -0.05) is 0 Å². The molecule has 0 bridgehead atoms. The zero-order valence-electron chi connectivity index (χ0n) is 7.43. The lowest BCUT2D eigenvalue weighted by Crippen LogP contribution is -2.23. The molecule has 0 aliphatic heterocycles. The van der Waals surface area contributed by atoms with Crippen LogP contribution in [0.15, 0.2) is 0 Å². The molecule has 1 amide bonds. The largest absolute Gasteiger partial charge is 0.441 e. The maximum atomic E-state index is 10.9. The van der Waals surface area contributed by atoms with E-state index in [0.29, 0.717) is 12.4 Å². The molecule has 0 fully saturated rings. The van der Waals surface area contributed by atoms with E-state index < -0.39 is 6.09 Å². The quantitative estimate of drug-likeness (QED) is 0.733. The molecule has 0 atom stereocenters. The van der Waals surface area contributed by atoms with E-state index in [1.54, 1.807) is 0 Å². The van der Waals surface area contributed by atoms with E-state index in [4.69, 9.17) is 4.74 Å². The van der Waals surface area contributed by atoms with Crippen molar-refractivity contribution in [2.24, 2.45) is 0 Å². The molecule has 0 unspecified atom stereocenters. The molecule has 0 spiro atoms. The molecule has 0 saturated heterocycles. The summed E-state index contributed by atoms with van der Waals surface area (Å²) in [5.74, 6) is 0.657. The Labute approximate surface area is 109 Å². The fourth-order valence-electron chi connectivity index (χ4n) is 0.771. The molecule has 1 aromatic heterocycles. The average Bonchev–Trinajstić information content (AvgIpc) is 2.44. The van der Waals surface area contributed by atoms with Gasteiger partial charge in [0, 0.05) is 6.54 Å². The third kappa shape index (κ3) is 3.59. The molecule has 0 aromatic carbocycles. The minimum atomic E-state index is -0.422. The minimum Gasteiger partial charge on any atom is -0.441 e. The highest BCUT2D eigenvalue weighted by molar-refractivity contribution is 14.1. The topological polar surface area (TPSA) is 67.0 Å². The van der Waals surface area contributed by atoms with Gasteiger partial charge >= 0.3 is 6.09 Å². The Hall–Kier alpha value is -0.0600. The fourth-order valence-corrected chi connectivity index (χ4v) is 1.63. The van der Waals surface area contributed by atoms with Crippen LogP contribution in [0.3, 0.4) is 0 Å². The van der Waals surface area contributed by atoms with E-state index in [2.05, 4.69) is 60.5 Å². The van der Waals surface area contributed by atoms with Crippen molar-refractivity contribution in [1.82, 2.24) is 15.3 Å². The smallest absolute Gasteiger partial charge is 0.407 e. The van der Waals surface area contributed by atoms with Crippen molar-refractivity contribution in [3.63, 3.8) is 0 Å². The van der Waals surface area contributed by atoms with Crippen LogP contribution in [-0.4, -0.2) is 22.6 Å². The molecular formula is C7H9I2N3O2. The monoisotopic (exact) mass is 421 g/mol. The normalized spacial score (nSPS) is 9.93. The Morgan fingerprint density at radius 1 is 1.64 bits per heavy atom. The Balaban J connectivity index is 2.42. The standard InChI is InChI=1S/C7H9I2N3O2/c1-2-10-7(13)14-3-4-11-5(8)6(9)12-4/h2-3H2,1H3,(H,10,13)(H,11,12). The molecule has 1 rings (SSSR count). The highest BCUT2D eigenvalue weighted by Crippen LogP contribution is 2.11. The number of carbonyl (C=O) groups excluding carboxylic acids is 1. The van der Waals surface area contributed by atoms with Crippen LogP contribution in [0.4, 0.5) is 4.79 Å². The molecule has 1 aromatic rings. The zero-order valence-corrected chi connectivity index (χ0v) is 11.7. The van der Waals surface area contributed by atoms with Crippen LogP contribution in [0.2, 0.25) is 0 Å². The molecule has 0 saturated carbocycles. The maximum absolute atomic E-state index is 10.9. The first-order valence-electron chi connectivity index (χ1n) is 3.94. The Bertz CT molecular complexity index is 307. The van der Waals surface area contributed by atoms with Crippen LogP contribution in [0, 0.1) is 7.40 Å². The van der Waals surface area contributed by atoms with Crippen LogP contribution in [-0.2, 0) is 11.3 Å². The van der Waals surface area contributed by atoms with Gasteiger partial charge in [-0.2, -0.15) is 0 Å². The lowest BCUT2D eigenvalue weighted by molar-refractivity contribution is 0.137. The van der Waals surface area contributed by atoms with Crippen molar-refractivity contribution in [2.75, 3.05) is 6.54 Å². The Morgan fingerprint density at radius 3 is 2.86 bits per heavy atom. The van der Waals surface area contributed by atoms with Crippen LogP contribution >= 0.6 is 45.2 Å². The highest BCUT2D eigenvalue weighted by Gasteiger charge is 2.06. The molecule has 7 heteroatoms. The van der Waals surface area contributed by atoms with Gasteiger partial charge in [-0.15, -0.1) is 0 Å². The van der Waals surface area contributed by atoms with Crippen LogP contribution in [0.25, 0.3) is 0 Å². The van der Waals surface area contributed by atoms with E-state index in [0.717, 1.165) is 7.40 Å². The first kappa shape index (κ1) is 12.0. The molecule has 78 valence electrons. The Morgan fingerprint density at radius 2 is 2.36 bits per heavy atom. The molecular weight excluding hydrogens is 412 g/mol. The summed E-state index contributed by atoms with van der Waals surface area (Å²) < 4.78 is 6.73. The van der Waals surface area contributed by atoms with Gasteiger partial charge in [0.1, 0.15) is 13.2 Å². The van der Waals surface area contributed by atoms with Gasteiger partial charge < -0.3 is 15.0 Å². The lowest BCUT2D eigenvalue weighted by Gasteiger charge is -2.02. The van der Waals surface area contributed by atoms with Gasteiger partial charge in [0.25, 0.3) is 0 Å². The molecule has 14 heavy (non-hydrogen) atoms. The van der Waals surface area contributed by atoms with Crippen molar-refractivity contribution in [3.05, 3.63) is 13.2 Å². The number of nitrogens with one attached hydrogen (secondary N) is 2. The van der Waals surface area contributed by atoms with Crippen molar-refractivity contribution < 1.29 is 9.53 Å². The van der Waals surface area contributed by atoms with Gasteiger partial charge in [0.05, 0.1) is 0 Å². The number of hydrogen-bond acceptors (Lipinski definition) is 3. The first-order chi connectivity index (χ1) is 6.63. The fraction of sp³-hybridized carbons (Fsp3) is 0.429. The number of ether oxygens (including phenoxy) is 1. The summed E-state index contributed by atoms with van der Waals surface area (Å²) in [6, 6.07) is 0. The highest BCUT2D eigenvalue weighted by atomic mass is 127. The molecule has 1 heterocycles. The van der Waals surface area contributed by atoms with E-state index in [1.165, 1.54) is 0 Å². The van der Waals surface area contributed by atoms with Gasteiger partial charge in [0.2, 0.25) is 0 Å². The number of H-pyrrole nitrogens is 1. The number of halogens is 2. The second kappa shape index (κ2) is 5.73. The number of alkyl carbamates (subject to hydrolysis) is 1. The van der Waals surface area contributed by atoms with Crippen LogP contribution in [0.1, 0.15) is 12.7 Å². The molecule has 5 nitrogen and oxygen atoms in total. The van der Waals surface area contributed by atoms with Crippen molar-refractivity contribution in [1.29, 1.82) is 0 Å². The summed E-state index contributed by atoms with van der Waals surface area (Å²) in [7, 11) is 0. The second-order valence-electron chi connectivity index (χ2n) is 2.39. The van der Waals surface area contributed by atoms with Gasteiger partial charge in [-0.3, -0.25) is 0 Å². The van der Waals surface area contributed by atoms with Crippen LogP contribution < -0.4 is 5.32 Å². The number of aromatic amines is 1. The zero-order chi connectivity index (χ0) is 10.6. The summed E-state index contributed by atoms with van der Waals surface area (Å²) in [6.45, 7) is 2.57. The summed E-state index contributed by atoms with van der Waals surface area (Å²) in [6.07, 6.45) is -0.422. The predicted octanol–water partition coefficient (Wildman–Crippen LogP) is 1.86. The number of carbonyl (C=O) groups is 1. The molecule has 0 aliphatic rings. The summed E-state index contributed by atoms with van der Waals surface area (Å²) in [5, 5.41) is 2.53. The summed E-state index contributed by atoms with van der Waals surface area (Å²) in [4.78, 5) is 18.1. The third-order valence-corrected chi connectivity index (χ3v) is 3.92. The first-order valence-corrected chi connectivity index (χ1v) is 6.09. The summed E-state index contributed by atoms with van der Waals surface area (Å²) >= 11 is 4.25. The van der Waals surface area contributed by atoms with Crippen molar-refractivity contribution >= 4 is 51.3 Å². The number of imidazole rings is 1. The van der Waals surface area contributed by atoms with E-state index in [-0.39, 0.29) is 6.61 Å². The van der Waals surface area contributed by atoms with Gasteiger partial charge in [-0.05, 0) is 52.1 Å². The average molecular weight is 421 g/mol. The van der Waals surface area contributed by atoms with Crippen molar-refractivity contribution in [3.8, 4) is 0 Å². The Kier molecular flexibility index (Phi) is 4.92. The minimum absolute atomic E-state index is 0.171. The molecule has 0 aliphatic carbocycles. The van der Waals surface area contributed by atoms with Gasteiger partial charge in [-0.25, -0.2) is 9.78 Å². The number of nitrogens with zero attached hydrogens (tertiary/aromatic N) is 1. The number of hydrogen-bond donors (Lipinski definition) is 2. The SMILES string of the molecule is CCNC(=O)OCc1nc(I)c(I)[nH]1. The third-order valence-electron chi connectivity index (χ3n) is 1.33. The van der Waals surface area contributed by atoms with Crippen molar-refractivity contribution in [2.45, 2.75) is 13.5 Å². The maximum Gasteiger partial charge on any atom is 0.407 e. The summed E-state index contributed by atoms with van der Waals surface area (Å²) in [5.41, 5.74) is 0. The van der Waals surface area contributed by atoms with Crippen LogP contribution in [0.5, 0.6) is 0 Å². The predicted molar refractivity (Wildman–Crippen MR) is 67.9 cm³/mol. The number of amides is 1. The second-order valence-corrected chi connectivity index (χ2v) is 4.50. The van der Waals surface area contributed by atoms with E-state index in [1.807, 2.05) is 6.92 Å². The number of aromatic nitrogens is 2. The molecule has 2 N–H and O–H groups in total. The molecule has 0 radical (unpaired) electrons.